The van der Waals surface area contributed by atoms with Crippen molar-refractivity contribution in [3.05, 3.63) is 54.6 Å². The van der Waals surface area contributed by atoms with Crippen LogP contribution in [-0.2, 0) is 14.8 Å². The second-order valence-corrected chi connectivity index (χ2v) is 10.3. The van der Waals surface area contributed by atoms with Gasteiger partial charge in [-0.25, -0.2) is 13.4 Å². The van der Waals surface area contributed by atoms with E-state index in [1.54, 1.807) is 18.3 Å². The highest BCUT2D eigenvalue weighted by molar-refractivity contribution is 7.89. The van der Waals surface area contributed by atoms with Crippen LogP contribution in [0.4, 0.5) is 0 Å². The van der Waals surface area contributed by atoms with Crippen LogP contribution in [0.5, 0.6) is 0 Å². The Kier molecular flexibility index (Phi) is 6.57. The highest BCUT2D eigenvalue weighted by Crippen LogP contribution is 2.28. The third-order valence-electron chi connectivity index (χ3n) is 6.31. The van der Waals surface area contributed by atoms with Crippen LogP contribution in [0.25, 0.3) is 11.0 Å². The van der Waals surface area contributed by atoms with Gasteiger partial charge in [-0.05, 0) is 43.0 Å². The summed E-state index contributed by atoms with van der Waals surface area (Å²) in [5.74, 6) is 0.677. The molecule has 170 valence electrons. The third-order valence-corrected chi connectivity index (χ3v) is 8.19. The molecule has 3 heterocycles. The maximum Gasteiger partial charge on any atom is 0.244 e. The summed E-state index contributed by atoms with van der Waals surface area (Å²) >= 11 is 0. The number of carbonyl (C=O) groups is 1. The van der Waals surface area contributed by atoms with Crippen molar-refractivity contribution in [3.8, 4) is 0 Å². The first-order valence-corrected chi connectivity index (χ1v) is 12.5. The number of sulfonamides is 1. The van der Waals surface area contributed by atoms with E-state index in [0.717, 1.165) is 23.3 Å². The van der Waals surface area contributed by atoms with E-state index in [2.05, 4.69) is 29.1 Å². The molecule has 1 aliphatic rings. The number of hydrogen-bond acceptors (Lipinski definition) is 5. The molecule has 3 aromatic rings. The SMILES string of the molecule is CCC(C)C(NC(=O)C1CCN(S(=O)(=O)c2cccnc2)CC1)c1nc2ccccc2[nH]1. The summed E-state index contributed by atoms with van der Waals surface area (Å²) in [5, 5.41) is 3.19. The Balaban J connectivity index is 1.43. The molecule has 0 spiro atoms. The van der Waals surface area contributed by atoms with Crippen molar-refractivity contribution in [1.82, 2.24) is 24.6 Å². The fourth-order valence-electron chi connectivity index (χ4n) is 4.11. The summed E-state index contributed by atoms with van der Waals surface area (Å²) in [6, 6.07) is 10.7. The zero-order chi connectivity index (χ0) is 22.7. The minimum atomic E-state index is -3.59. The van der Waals surface area contributed by atoms with Crippen molar-refractivity contribution >= 4 is 27.0 Å². The molecular formula is C23H29N5O3S. The van der Waals surface area contributed by atoms with Gasteiger partial charge in [0.25, 0.3) is 0 Å². The van der Waals surface area contributed by atoms with Gasteiger partial charge >= 0.3 is 0 Å². The van der Waals surface area contributed by atoms with Gasteiger partial charge in [-0.1, -0.05) is 32.4 Å². The van der Waals surface area contributed by atoms with Gasteiger partial charge in [0.15, 0.2) is 0 Å². The van der Waals surface area contributed by atoms with Crippen LogP contribution in [-0.4, -0.2) is 46.7 Å². The molecule has 1 aliphatic heterocycles. The number of H-pyrrole nitrogens is 1. The Morgan fingerprint density at radius 1 is 1.22 bits per heavy atom. The number of rotatable bonds is 7. The van der Waals surface area contributed by atoms with E-state index < -0.39 is 10.0 Å². The van der Waals surface area contributed by atoms with E-state index >= 15 is 0 Å². The van der Waals surface area contributed by atoms with Gasteiger partial charge in [-0.2, -0.15) is 4.31 Å². The average Bonchev–Trinajstić information content (AvgIpc) is 3.26. The quantitative estimate of drug-likeness (QED) is 0.568. The standard InChI is InChI=1S/C23H29N5O3S/c1-3-16(2)21(22-25-19-8-4-5-9-20(19)26-22)27-23(29)17-10-13-28(14-11-17)32(30,31)18-7-6-12-24-15-18/h4-9,12,15-17,21H,3,10-11,13-14H2,1-2H3,(H,25,26)(H,27,29). The van der Waals surface area contributed by atoms with Crippen LogP contribution in [0.2, 0.25) is 0 Å². The molecule has 1 amide bonds. The van der Waals surface area contributed by atoms with Crippen molar-refractivity contribution in [3.63, 3.8) is 0 Å². The first kappa shape index (κ1) is 22.4. The molecule has 8 nitrogen and oxygen atoms in total. The number of pyridine rings is 1. The van der Waals surface area contributed by atoms with Gasteiger partial charge < -0.3 is 10.3 Å². The number of benzene rings is 1. The predicted molar refractivity (Wildman–Crippen MR) is 122 cm³/mol. The molecule has 2 aromatic heterocycles. The van der Waals surface area contributed by atoms with Gasteiger partial charge in [0, 0.05) is 31.4 Å². The molecule has 0 bridgehead atoms. The van der Waals surface area contributed by atoms with Crippen LogP contribution in [0.15, 0.2) is 53.7 Å². The van der Waals surface area contributed by atoms with E-state index in [1.807, 2.05) is 24.3 Å². The van der Waals surface area contributed by atoms with Crippen molar-refractivity contribution in [2.45, 2.75) is 44.0 Å². The fourth-order valence-corrected chi connectivity index (χ4v) is 5.55. The van der Waals surface area contributed by atoms with Crippen molar-refractivity contribution in [1.29, 1.82) is 0 Å². The van der Waals surface area contributed by atoms with Gasteiger partial charge in [-0.3, -0.25) is 9.78 Å². The largest absolute Gasteiger partial charge is 0.346 e. The molecule has 2 N–H and O–H groups in total. The van der Waals surface area contributed by atoms with E-state index in [1.165, 1.54) is 10.5 Å². The van der Waals surface area contributed by atoms with Crippen molar-refractivity contribution in [2.75, 3.05) is 13.1 Å². The number of para-hydroxylation sites is 2. The maximum atomic E-state index is 13.1. The number of nitrogens with one attached hydrogen (secondary N) is 2. The molecule has 9 heteroatoms. The Labute approximate surface area is 188 Å². The topological polar surface area (TPSA) is 108 Å². The van der Waals surface area contributed by atoms with Crippen LogP contribution in [0.1, 0.15) is 45.0 Å². The molecule has 1 fully saturated rings. The van der Waals surface area contributed by atoms with E-state index in [-0.39, 0.29) is 28.7 Å². The minimum Gasteiger partial charge on any atom is -0.346 e. The lowest BCUT2D eigenvalue weighted by molar-refractivity contribution is -0.127. The first-order chi connectivity index (χ1) is 15.4. The number of aromatic amines is 1. The van der Waals surface area contributed by atoms with Gasteiger partial charge in [0.2, 0.25) is 15.9 Å². The lowest BCUT2D eigenvalue weighted by Gasteiger charge is -2.32. The van der Waals surface area contributed by atoms with Crippen LogP contribution in [0, 0.1) is 11.8 Å². The number of carbonyl (C=O) groups excluding carboxylic acids is 1. The predicted octanol–water partition coefficient (Wildman–Crippen LogP) is 3.26. The number of piperidine rings is 1. The number of fused-ring (bicyclic) bond motifs is 1. The summed E-state index contributed by atoms with van der Waals surface area (Å²) in [4.78, 5) is 25.2. The first-order valence-electron chi connectivity index (χ1n) is 11.1. The zero-order valence-electron chi connectivity index (χ0n) is 18.4. The highest BCUT2D eigenvalue weighted by atomic mass is 32.2. The van der Waals surface area contributed by atoms with Crippen LogP contribution >= 0.6 is 0 Å². The molecular weight excluding hydrogens is 426 g/mol. The Morgan fingerprint density at radius 3 is 2.62 bits per heavy atom. The Morgan fingerprint density at radius 2 is 1.97 bits per heavy atom. The summed E-state index contributed by atoms with van der Waals surface area (Å²) < 4.78 is 27.1. The smallest absolute Gasteiger partial charge is 0.244 e. The summed E-state index contributed by atoms with van der Waals surface area (Å²) in [6.07, 6.45) is 4.77. The molecule has 1 aromatic carbocycles. The molecule has 1 saturated heterocycles. The maximum absolute atomic E-state index is 13.1. The van der Waals surface area contributed by atoms with Crippen LogP contribution in [0.3, 0.4) is 0 Å². The Bertz CT molecular complexity index is 1140. The summed E-state index contributed by atoms with van der Waals surface area (Å²) in [5.41, 5.74) is 1.82. The number of hydrogen-bond donors (Lipinski definition) is 2. The second kappa shape index (κ2) is 9.38. The van der Waals surface area contributed by atoms with E-state index in [0.29, 0.717) is 25.9 Å². The third kappa shape index (κ3) is 4.54. The zero-order valence-corrected chi connectivity index (χ0v) is 19.2. The average molecular weight is 456 g/mol. The molecule has 0 saturated carbocycles. The number of nitrogens with zero attached hydrogens (tertiary/aromatic N) is 3. The molecule has 32 heavy (non-hydrogen) atoms. The van der Waals surface area contributed by atoms with Gasteiger partial charge in [0.1, 0.15) is 10.7 Å². The fraction of sp³-hybridized carbons (Fsp3) is 0.435. The highest BCUT2D eigenvalue weighted by Gasteiger charge is 2.34. The summed E-state index contributed by atoms with van der Waals surface area (Å²) in [6.45, 7) is 4.82. The van der Waals surface area contributed by atoms with Crippen molar-refractivity contribution < 1.29 is 13.2 Å². The molecule has 0 aliphatic carbocycles. The monoisotopic (exact) mass is 455 g/mol. The Hall–Kier alpha value is -2.78. The molecule has 2 atom stereocenters. The second-order valence-electron chi connectivity index (χ2n) is 8.38. The molecule has 4 rings (SSSR count). The van der Waals surface area contributed by atoms with E-state index in [9.17, 15) is 13.2 Å². The normalized spacial score (nSPS) is 17.8. The molecule has 2 unspecified atom stereocenters. The number of aromatic nitrogens is 3. The molecule has 0 radical (unpaired) electrons. The van der Waals surface area contributed by atoms with E-state index in [4.69, 9.17) is 4.98 Å². The van der Waals surface area contributed by atoms with Crippen molar-refractivity contribution in [2.24, 2.45) is 11.8 Å². The number of amides is 1. The lowest BCUT2D eigenvalue weighted by Crippen LogP contribution is -2.44. The van der Waals surface area contributed by atoms with Gasteiger partial charge in [-0.15, -0.1) is 0 Å². The minimum absolute atomic E-state index is 0.0471. The number of imidazole rings is 1. The lowest BCUT2D eigenvalue weighted by atomic mass is 9.94. The van der Waals surface area contributed by atoms with Crippen LogP contribution < -0.4 is 5.32 Å². The van der Waals surface area contributed by atoms with Gasteiger partial charge in [0.05, 0.1) is 17.1 Å². The summed E-state index contributed by atoms with van der Waals surface area (Å²) in [7, 11) is -3.59.